The summed E-state index contributed by atoms with van der Waals surface area (Å²) < 4.78 is 11.5. The maximum absolute atomic E-state index is 5.73. The molecule has 18 heavy (non-hydrogen) atoms. The molecule has 0 bridgehead atoms. The minimum Gasteiger partial charge on any atom is -0.494 e. The lowest BCUT2D eigenvalue weighted by Gasteiger charge is -2.32. The van der Waals surface area contributed by atoms with Crippen molar-refractivity contribution in [3.8, 4) is 0 Å². The lowest BCUT2D eigenvalue weighted by molar-refractivity contribution is 0.0631. The minimum absolute atomic E-state index is 0.0521. The number of ether oxygens (including phenoxy) is 2. The molecule has 4 atom stereocenters. The Balaban J connectivity index is 1.92. The zero-order chi connectivity index (χ0) is 13.2. The van der Waals surface area contributed by atoms with E-state index in [2.05, 4.69) is 39.8 Å². The summed E-state index contributed by atoms with van der Waals surface area (Å²) in [5, 5.41) is 0.838. The highest BCUT2D eigenvalue weighted by Gasteiger charge is 2.41. The van der Waals surface area contributed by atoms with Crippen LogP contribution in [0.15, 0.2) is 24.7 Å². The molecular formula is C14H22O2S2. The van der Waals surface area contributed by atoms with Gasteiger partial charge in [-0.05, 0) is 38.8 Å². The Morgan fingerprint density at radius 3 is 1.61 bits per heavy atom. The molecular weight excluding hydrogens is 264 g/mol. The Morgan fingerprint density at radius 2 is 1.28 bits per heavy atom. The molecule has 2 rings (SSSR count). The summed E-state index contributed by atoms with van der Waals surface area (Å²) in [5.41, 5.74) is -0.104. The van der Waals surface area contributed by atoms with E-state index < -0.39 is 0 Å². The summed E-state index contributed by atoms with van der Waals surface area (Å²) in [6.45, 7) is 8.73. The summed E-state index contributed by atoms with van der Waals surface area (Å²) in [4.78, 5) is 0. The molecule has 2 nitrogen and oxygen atoms in total. The first kappa shape index (κ1) is 14.2. The monoisotopic (exact) mass is 286 g/mol. The van der Waals surface area contributed by atoms with E-state index in [1.807, 2.05) is 34.1 Å². The third-order valence-corrected chi connectivity index (χ3v) is 7.47. The molecule has 0 saturated heterocycles. The highest BCUT2D eigenvalue weighted by atomic mass is 33.1. The van der Waals surface area contributed by atoms with Crippen molar-refractivity contribution in [3.63, 3.8) is 0 Å². The molecule has 4 unspecified atom stereocenters. The van der Waals surface area contributed by atoms with E-state index in [9.17, 15) is 0 Å². The van der Waals surface area contributed by atoms with E-state index >= 15 is 0 Å². The third kappa shape index (κ3) is 2.55. The van der Waals surface area contributed by atoms with Crippen LogP contribution in [0.4, 0.5) is 0 Å². The fraction of sp³-hybridized carbons (Fsp3) is 0.714. The van der Waals surface area contributed by atoms with E-state index in [0.717, 1.165) is 12.8 Å². The van der Waals surface area contributed by atoms with Gasteiger partial charge in [0.25, 0.3) is 0 Å². The van der Waals surface area contributed by atoms with Crippen LogP contribution in [0.2, 0.25) is 0 Å². The topological polar surface area (TPSA) is 18.5 Å². The lowest BCUT2D eigenvalue weighted by Crippen LogP contribution is -2.35. The van der Waals surface area contributed by atoms with Crippen molar-refractivity contribution in [2.24, 2.45) is 0 Å². The van der Waals surface area contributed by atoms with E-state index in [-0.39, 0.29) is 11.2 Å². The highest BCUT2D eigenvalue weighted by Crippen LogP contribution is 2.47. The van der Waals surface area contributed by atoms with Crippen LogP contribution in [0.5, 0.6) is 0 Å². The second-order valence-electron chi connectivity index (χ2n) is 5.26. The zero-order valence-corrected chi connectivity index (χ0v) is 13.1. The summed E-state index contributed by atoms with van der Waals surface area (Å²) in [6.07, 6.45) is 10.1. The van der Waals surface area contributed by atoms with Gasteiger partial charge in [0.05, 0.1) is 23.0 Å². The first-order valence-electron chi connectivity index (χ1n) is 6.55. The van der Waals surface area contributed by atoms with Gasteiger partial charge < -0.3 is 9.47 Å². The number of rotatable bonds is 5. The van der Waals surface area contributed by atoms with Gasteiger partial charge in [-0.25, -0.2) is 0 Å². The van der Waals surface area contributed by atoms with Crippen LogP contribution in [0.1, 0.15) is 40.5 Å². The summed E-state index contributed by atoms with van der Waals surface area (Å²) in [5.74, 6) is 0. The van der Waals surface area contributed by atoms with E-state index in [0.29, 0.717) is 10.5 Å². The minimum atomic E-state index is -0.0521. The van der Waals surface area contributed by atoms with Crippen molar-refractivity contribution >= 4 is 21.6 Å². The molecule has 4 heteroatoms. The quantitative estimate of drug-likeness (QED) is 0.691. The molecule has 0 saturated carbocycles. The fourth-order valence-electron chi connectivity index (χ4n) is 2.03. The molecule has 0 spiro atoms. The highest BCUT2D eigenvalue weighted by molar-refractivity contribution is 8.77. The number of hydrogen-bond donors (Lipinski definition) is 0. The summed E-state index contributed by atoms with van der Waals surface area (Å²) >= 11 is 0. The van der Waals surface area contributed by atoms with Gasteiger partial charge in [-0.15, -0.1) is 0 Å². The second kappa shape index (κ2) is 5.41. The van der Waals surface area contributed by atoms with Crippen molar-refractivity contribution in [3.05, 3.63) is 24.7 Å². The smallest absolute Gasteiger partial charge is 0.121 e. The van der Waals surface area contributed by atoms with Gasteiger partial charge in [0.15, 0.2) is 0 Å². The fourth-order valence-corrected chi connectivity index (χ4v) is 5.70. The Labute approximate surface area is 118 Å². The summed E-state index contributed by atoms with van der Waals surface area (Å²) in [6, 6.07) is 0. The molecule has 0 amide bonds. The lowest BCUT2D eigenvalue weighted by atomic mass is 10.0. The Hall–Kier alpha value is -0.220. The van der Waals surface area contributed by atoms with Crippen LogP contribution in [0.3, 0.4) is 0 Å². The molecule has 0 radical (unpaired) electrons. The molecule has 0 aromatic carbocycles. The molecule has 0 aromatic heterocycles. The maximum Gasteiger partial charge on any atom is 0.121 e. The van der Waals surface area contributed by atoms with Crippen LogP contribution in [0, 0.1) is 0 Å². The first-order chi connectivity index (χ1) is 8.54. The van der Waals surface area contributed by atoms with E-state index in [1.54, 1.807) is 0 Å². The molecule has 0 N–H and O–H groups in total. The predicted molar refractivity (Wildman–Crippen MR) is 80.6 cm³/mol. The number of hydrogen-bond acceptors (Lipinski definition) is 4. The van der Waals surface area contributed by atoms with E-state index in [4.69, 9.17) is 9.47 Å². The van der Waals surface area contributed by atoms with Crippen LogP contribution in [-0.2, 0) is 9.47 Å². The molecule has 102 valence electrons. The van der Waals surface area contributed by atoms with E-state index in [1.165, 1.54) is 0 Å². The normalized spacial score (nSPS) is 42.0. The second-order valence-corrected chi connectivity index (χ2v) is 7.81. The van der Waals surface area contributed by atoms with Crippen molar-refractivity contribution in [1.82, 2.24) is 0 Å². The average Bonchev–Trinajstić information content (AvgIpc) is 2.92. The average molecular weight is 286 g/mol. The Bertz CT molecular complexity index is 322. The van der Waals surface area contributed by atoms with Gasteiger partial charge in [-0.3, -0.25) is 0 Å². The third-order valence-electron chi connectivity index (χ3n) is 4.05. The zero-order valence-electron chi connectivity index (χ0n) is 11.5. The molecule has 2 heterocycles. The Morgan fingerprint density at radius 1 is 0.889 bits per heavy atom. The first-order valence-corrected chi connectivity index (χ1v) is 8.83. The van der Waals surface area contributed by atoms with Gasteiger partial charge in [0.2, 0.25) is 0 Å². The van der Waals surface area contributed by atoms with Crippen LogP contribution < -0.4 is 0 Å². The van der Waals surface area contributed by atoms with Gasteiger partial charge in [-0.2, -0.15) is 0 Å². The maximum atomic E-state index is 5.73. The SMILES string of the molecule is CCC1(C)OC=CC1SSC1C=COC1(C)CC. The van der Waals surface area contributed by atoms with Crippen LogP contribution in [0.25, 0.3) is 0 Å². The van der Waals surface area contributed by atoms with Gasteiger partial charge >= 0.3 is 0 Å². The van der Waals surface area contributed by atoms with Crippen molar-refractivity contribution in [1.29, 1.82) is 0 Å². The molecule has 0 aromatic rings. The largest absolute Gasteiger partial charge is 0.494 e. The molecule has 0 aliphatic carbocycles. The van der Waals surface area contributed by atoms with Gasteiger partial charge in [0.1, 0.15) is 11.2 Å². The Kier molecular flexibility index (Phi) is 4.27. The molecule has 2 aliphatic heterocycles. The van der Waals surface area contributed by atoms with Crippen molar-refractivity contribution in [2.75, 3.05) is 0 Å². The van der Waals surface area contributed by atoms with Crippen LogP contribution >= 0.6 is 21.6 Å². The van der Waals surface area contributed by atoms with Crippen molar-refractivity contribution < 1.29 is 9.47 Å². The summed E-state index contributed by atoms with van der Waals surface area (Å²) in [7, 11) is 3.81. The predicted octanol–water partition coefficient (Wildman–Crippen LogP) is 4.53. The standard InChI is InChI=1S/C14H22O2S2/c1-5-13(3)11(7-9-15-13)17-18-12-8-10-16-14(12,4)6-2/h7-12H,5-6H2,1-4H3. The van der Waals surface area contributed by atoms with Crippen molar-refractivity contribution in [2.45, 2.75) is 62.2 Å². The molecule has 0 fully saturated rings. The van der Waals surface area contributed by atoms with Gasteiger partial charge in [-0.1, -0.05) is 35.4 Å². The van der Waals surface area contributed by atoms with Crippen LogP contribution in [-0.4, -0.2) is 21.7 Å². The molecule has 2 aliphatic rings. The van der Waals surface area contributed by atoms with Gasteiger partial charge in [0, 0.05) is 0 Å².